The number of amides is 1. The molecule has 0 spiro atoms. The SMILES string of the molecule is CCN(Cc1ccccc1)C(=O)CN1CC(CCN)c2ccccc21. The highest BCUT2D eigenvalue weighted by Gasteiger charge is 2.29. The van der Waals surface area contributed by atoms with Gasteiger partial charge in [-0.3, -0.25) is 4.79 Å². The van der Waals surface area contributed by atoms with Crippen LogP contribution in [-0.4, -0.2) is 37.0 Å². The van der Waals surface area contributed by atoms with E-state index in [4.69, 9.17) is 5.73 Å². The van der Waals surface area contributed by atoms with Crippen LogP contribution in [0.1, 0.15) is 30.4 Å². The van der Waals surface area contributed by atoms with Gasteiger partial charge in [-0.2, -0.15) is 0 Å². The lowest BCUT2D eigenvalue weighted by atomic mass is 9.98. The second-order valence-electron chi connectivity index (χ2n) is 6.61. The van der Waals surface area contributed by atoms with E-state index in [1.807, 2.05) is 36.1 Å². The van der Waals surface area contributed by atoms with Gasteiger partial charge in [0.25, 0.3) is 0 Å². The number of nitrogens with zero attached hydrogens (tertiary/aromatic N) is 2. The van der Waals surface area contributed by atoms with E-state index in [0.29, 0.717) is 25.6 Å². The summed E-state index contributed by atoms with van der Waals surface area (Å²) in [6.07, 6.45) is 0.962. The summed E-state index contributed by atoms with van der Waals surface area (Å²) in [5, 5.41) is 0. The maximum absolute atomic E-state index is 12.9. The van der Waals surface area contributed by atoms with Crippen molar-refractivity contribution in [1.29, 1.82) is 0 Å². The average Bonchev–Trinajstić information content (AvgIpc) is 2.98. The second-order valence-corrected chi connectivity index (χ2v) is 6.61. The quantitative estimate of drug-likeness (QED) is 0.845. The Morgan fingerprint density at radius 3 is 2.60 bits per heavy atom. The fourth-order valence-corrected chi connectivity index (χ4v) is 3.62. The summed E-state index contributed by atoms with van der Waals surface area (Å²) in [5.74, 6) is 0.604. The maximum atomic E-state index is 12.9. The molecule has 0 aromatic heterocycles. The summed E-state index contributed by atoms with van der Waals surface area (Å²) in [6, 6.07) is 18.6. The van der Waals surface area contributed by atoms with Crippen molar-refractivity contribution in [2.45, 2.75) is 25.8 Å². The van der Waals surface area contributed by atoms with Gasteiger partial charge in [0, 0.05) is 31.2 Å². The third kappa shape index (κ3) is 4.02. The van der Waals surface area contributed by atoms with E-state index in [9.17, 15) is 4.79 Å². The third-order valence-corrected chi connectivity index (χ3v) is 4.95. The first kappa shape index (κ1) is 17.5. The smallest absolute Gasteiger partial charge is 0.242 e. The first-order valence-electron chi connectivity index (χ1n) is 9.08. The number of para-hydroxylation sites is 1. The molecule has 2 N–H and O–H groups in total. The summed E-state index contributed by atoms with van der Waals surface area (Å²) in [4.78, 5) is 17.0. The Labute approximate surface area is 150 Å². The number of carbonyl (C=O) groups excluding carboxylic acids is 1. The van der Waals surface area contributed by atoms with Crippen molar-refractivity contribution in [3.05, 3.63) is 65.7 Å². The van der Waals surface area contributed by atoms with Gasteiger partial charge in [0.15, 0.2) is 0 Å². The topological polar surface area (TPSA) is 49.6 Å². The summed E-state index contributed by atoms with van der Waals surface area (Å²) in [5.41, 5.74) is 9.45. The zero-order valence-corrected chi connectivity index (χ0v) is 14.9. The number of anilines is 1. The number of benzene rings is 2. The van der Waals surface area contributed by atoms with Crippen molar-refractivity contribution >= 4 is 11.6 Å². The molecule has 2 aromatic carbocycles. The Kier molecular flexibility index (Phi) is 5.71. The zero-order valence-electron chi connectivity index (χ0n) is 14.9. The standard InChI is InChI=1S/C21H27N3O/c1-2-23(14-17-8-4-3-5-9-17)21(25)16-24-15-18(12-13-22)19-10-6-7-11-20(19)24/h3-11,18H,2,12-16,22H2,1H3. The maximum Gasteiger partial charge on any atom is 0.242 e. The normalized spacial score (nSPS) is 15.9. The molecule has 0 bridgehead atoms. The van der Waals surface area contributed by atoms with Crippen LogP contribution in [0, 0.1) is 0 Å². The number of hydrogen-bond donors (Lipinski definition) is 1. The Morgan fingerprint density at radius 1 is 1.16 bits per heavy atom. The zero-order chi connectivity index (χ0) is 17.6. The number of carbonyl (C=O) groups is 1. The molecule has 0 fully saturated rings. The molecule has 1 unspecified atom stereocenters. The first-order chi connectivity index (χ1) is 12.2. The molecule has 25 heavy (non-hydrogen) atoms. The predicted molar refractivity (Wildman–Crippen MR) is 103 cm³/mol. The van der Waals surface area contributed by atoms with Crippen LogP contribution in [0.3, 0.4) is 0 Å². The Balaban J connectivity index is 1.69. The van der Waals surface area contributed by atoms with Crippen LogP contribution in [-0.2, 0) is 11.3 Å². The Bertz CT molecular complexity index is 701. The second kappa shape index (κ2) is 8.17. The fourth-order valence-electron chi connectivity index (χ4n) is 3.62. The van der Waals surface area contributed by atoms with Gasteiger partial charge in [-0.25, -0.2) is 0 Å². The molecule has 1 aliphatic heterocycles. The number of likely N-dealkylation sites (N-methyl/N-ethyl adjacent to an activating group) is 1. The predicted octanol–water partition coefficient (Wildman–Crippen LogP) is 2.99. The van der Waals surface area contributed by atoms with Gasteiger partial charge in [0.2, 0.25) is 5.91 Å². The van der Waals surface area contributed by atoms with Gasteiger partial charge < -0.3 is 15.5 Å². The number of hydrogen-bond acceptors (Lipinski definition) is 3. The fraction of sp³-hybridized carbons (Fsp3) is 0.381. The van der Waals surface area contributed by atoms with E-state index in [2.05, 4.69) is 35.2 Å². The van der Waals surface area contributed by atoms with Crippen molar-refractivity contribution < 1.29 is 4.79 Å². The third-order valence-electron chi connectivity index (χ3n) is 4.95. The van der Waals surface area contributed by atoms with E-state index in [1.165, 1.54) is 16.8 Å². The highest BCUT2D eigenvalue weighted by atomic mass is 16.2. The molecule has 4 heteroatoms. The lowest BCUT2D eigenvalue weighted by Gasteiger charge is -2.26. The highest BCUT2D eigenvalue weighted by Crippen LogP contribution is 2.37. The van der Waals surface area contributed by atoms with Gasteiger partial charge >= 0.3 is 0 Å². The molecule has 0 radical (unpaired) electrons. The van der Waals surface area contributed by atoms with Crippen molar-refractivity contribution in [3.63, 3.8) is 0 Å². The first-order valence-corrected chi connectivity index (χ1v) is 9.08. The average molecular weight is 337 g/mol. The van der Waals surface area contributed by atoms with Gasteiger partial charge in [0.1, 0.15) is 0 Å². The van der Waals surface area contributed by atoms with Crippen LogP contribution in [0.15, 0.2) is 54.6 Å². The van der Waals surface area contributed by atoms with Crippen LogP contribution in [0.25, 0.3) is 0 Å². The van der Waals surface area contributed by atoms with E-state index >= 15 is 0 Å². The van der Waals surface area contributed by atoms with Gasteiger partial charge in [-0.1, -0.05) is 48.5 Å². The van der Waals surface area contributed by atoms with Crippen molar-refractivity contribution in [3.8, 4) is 0 Å². The molecular weight excluding hydrogens is 310 g/mol. The van der Waals surface area contributed by atoms with Crippen LogP contribution in [0.2, 0.25) is 0 Å². The number of fused-ring (bicyclic) bond motifs is 1. The van der Waals surface area contributed by atoms with Gasteiger partial charge in [0.05, 0.1) is 6.54 Å². The van der Waals surface area contributed by atoms with Crippen LogP contribution in [0.5, 0.6) is 0 Å². The molecule has 1 aliphatic rings. The molecule has 2 aromatic rings. The Hall–Kier alpha value is -2.33. The summed E-state index contributed by atoms with van der Waals surface area (Å²) >= 11 is 0. The van der Waals surface area contributed by atoms with E-state index in [-0.39, 0.29) is 5.91 Å². The molecule has 132 valence electrons. The van der Waals surface area contributed by atoms with E-state index < -0.39 is 0 Å². The monoisotopic (exact) mass is 337 g/mol. The lowest BCUT2D eigenvalue weighted by molar-refractivity contribution is -0.130. The molecule has 3 rings (SSSR count). The van der Waals surface area contributed by atoms with Crippen LogP contribution in [0.4, 0.5) is 5.69 Å². The highest BCUT2D eigenvalue weighted by molar-refractivity contribution is 5.82. The number of rotatable bonds is 7. The molecule has 1 heterocycles. The van der Waals surface area contributed by atoms with E-state index in [0.717, 1.165) is 19.5 Å². The summed E-state index contributed by atoms with van der Waals surface area (Å²) < 4.78 is 0. The Morgan fingerprint density at radius 2 is 1.88 bits per heavy atom. The lowest BCUT2D eigenvalue weighted by Crippen LogP contribution is -2.39. The largest absolute Gasteiger partial charge is 0.361 e. The summed E-state index contributed by atoms with van der Waals surface area (Å²) in [6.45, 7) is 5.41. The van der Waals surface area contributed by atoms with Crippen molar-refractivity contribution in [2.75, 3.05) is 31.1 Å². The minimum Gasteiger partial charge on any atom is -0.361 e. The molecule has 1 atom stereocenters. The molecule has 0 aliphatic carbocycles. The number of nitrogens with two attached hydrogens (primary N) is 1. The summed E-state index contributed by atoms with van der Waals surface area (Å²) in [7, 11) is 0. The molecule has 0 saturated carbocycles. The van der Waals surface area contributed by atoms with Gasteiger partial charge in [-0.05, 0) is 37.1 Å². The molecule has 4 nitrogen and oxygen atoms in total. The van der Waals surface area contributed by atoms with Gasteiger partial charge in [-0.15, -0.1) is 0 Å². The van der Waals surface area contributed by atoms with Crippen LogP contribution >= 0.6 is 0 Å². The minimum absolute atomic E-state index is 0.176. The van der Waals surface area contributed by atoms with Crippen molar-refractivity contribution in [2.24, 2.45) is 5.73 Å². The molecule has 0 saturated heterocycles. The van der Waals surface area contributed by atoms with E-state index in [1.54, 1.807) is 0 Å². The minimum atomic E-state index is 0.176. The van der Waals surface area contributed by atoms with Crippen molar-refractivity contribution in [1.82, 2.24) is 4.90 Å². The molecular formula is C21H27N3O. The van der Waals surface area contributed by atoms with Crippen LogP contribution < -0.4 is 10.6 Å². The molecule has 1 amide bonds.